The van der Waals surface area contributed by atoms with E-state index in [-0.39, 0.29) is 17.2 Å². The number of aromatic hydroxyl groups is 2. The van der Waals surface area contributed by atoms with E-state index >= 15 is 0 Å². The van der Waals surface area contributed by atoms with Crippen LogP contribution in [0.5, 0.6) is 10.8 Å². The van der Waals surface area contributed by atoms with Gasteiger partial charge in [0.05, 0.1) is 12.5 Å². The molecule has 0 saturated carbocycles. The summed E-state index contributed by atoms with van der Waals surface area (Å²) in [4.78, 5) is 0. The lowest BCUT2D eigenvalue weighted by atomic mass is 10.1. The van der Waals surface area contributed by atoms with E-state index in [0.29, 0.717) is 5.39 Å². The molecular weight excluding hydrogens is 198 g/mol. The van der Waals surface area contributed by atoms with Gasteiger partial charge in [0.15, 0.2) is 5.75 Å². The van der Waals surface area contributed by atoms with Crippen LogP contribution in [-0.2, 0) is 6.42 Å². The fourth-order valence-corrected chi connectivity index (χ4v) is 2.31. The van der Waals surface area contributed by atoms with Crippen LogP contribution in [0.25, 0.3) is 10.1 Å². The van der Waals surface area contributed by atoms with Crippen LogP contribution in [-0.4, -0.2) is 10.2 Å². The first-order valence-electron chi connectivity index (χ1n) is 4.03. The van der Waals surface area contributed by atoms with Crippen molar-refractivity contribution < 1.29 is 10.2 Å². The van der Waals surface area contributed by atoms with E-state index in [2.05, 4.69) is 0 Å². The Hall–Kier alpha value is -1.73. The highest BCUT2D eigenvalue weighted by Crippen LogP contribution is 2.43. The van der Waals surface area contributed by atoms with Crippen molar-refractivity contribution in [3.8, 4) is 16.9 Å². The fourth-order valence-electron chi connectivity index (χ4n) is 1.42. The third kappa shape index (κ3) is 1.19. The molecule has 0 saturated heterocycles. The number of hydrogen-bond donors (Lipinski definition) is 2. The predicted molar refractivity (Wildman–Crippen MR) is 54.5 cm³/mol. The van der Waals surface area contributed by atoms with E-state index in [1.54, 1.807) is 12.1 Å². The molecule has 3 nitrogen and oxygen atoms in total. The Morgan fingerprint density at radius 1 is 1.36 bits per heavy atom. The standard InChI is InChI=1S/C10H7NO2S/c11-5-4-6-2-1-3-7-8(6)9(12)10(13)14-7/h1-3,12-13H,4H2. The van der Waals surface area contributed by atoms with Crippen molar-refractivity contribution in [3.63, 3.8) is 0 Å². The van der Waals surface area contributed by atoms with E-state index in [1.165, 1.54) is 0 Å². The molecule has 14 heavy (non-hydrogen) atoms. The van der Waals surface area contributed by atoms with Gasteiger partial charge in [0.2, 0.25) is 5.06 Å². The highest BCUT2D eigenvalue weighted by Gasteiger charge is 2.12. The summed E-state index contributed by atoms with van der Waals surface area (Å²) in [7, 11) is 0. The lowest BCUT2D eigenvalue weighted by Crippen LogP contribution is -1.81. The first-order chi connectivity index (χ1) is 6.74. The maximum absolute atomic E-state index is 9.56. The Bertz CT molecular complexity index is 525. The third-order valence-corrected chi connectivity index (χ3v) is 2.97. The zero-order valence-corrected chi connectivity index (χ0v) is 8.01. The molecule has 70 valence electrons. The van der Waals surface area contributed by atoms with Gasteiger partial charge in [-0.1, -0.05) is 23.5 Å². The average molecular weight is 205 g/mol. The van der Waals surface area contributed by atoms with Crippen LogP contribution in [0.4, 0.5) is 0 Å². The van der Waals surface area contributed by atoms with Gasteiger partial charge in [0.25, 0.3) is 0 Å². The van der Waals surface area contributed by atoms with Crippen LogP contribution < -0.4 is 0 Å². The Balaban J connectivity index is 2.79. The van der Waals surface area contributed by atoms with Gasteiger partial charge < -0.3 is 10.2 Å². The summed E-state index contributed by atoms with van der Waals surface area (Å²) in [6.07, 6.45) is 0.237. The van der Waals surface area contributed by atoms with Gasteiger partial charge in [-0.3, -0.25) is 0 Å². The number of fused-ring (bicyclic) bond motifs is 1. The lowest BCUT2D eigenvalue weighted by Gasteiger charge is -1.97. The summed E-state index contributed by atoms with van der Waals surface area (Å²) in [5.41, 5.74) is 0.749. The van der Waals surface area contributed by atoms with E-state index in [4.69, 9.17) is 5.26 Å². The molecule has 0 aliphatic rings. The molecule has 0 unspecified atom stereocenters. The summed E-state index contributed by atoms with van der Waals surface area (Å²) in [5, 5.41) is 28.0. The van der Waals surface area contributed by atoms with Crippen LogP contribution in [0.1, 0.15) is 5.56 Å². The monoisotopic (exact) mass is 205 g/mol. The van der Waals surface area contributed by atoms with E-state index in [1.807, 2.05) is 12.1 Å². The number of hydrogen-bond acceptors (Lipinski definition) is 4. The molecule has 0 bridgehead atoms. The van der Waals surface area contributed by atoms with Crippen molar-refractivity contribution in [2.24, 2.45) is 0 Å². The Labute approximate surface area is 84.5 Å². The number of benzene rings is 1. The summed E-state index contributed by atoms with van der Waals surface area (Å²) < 4.78 is 0.799. The summed E-state index contributed by atoms with van der Waals surface area (Å²) in [6, 6.07) is 7.42. The molecule has 1 aromatic carbocycles. The first-order valence-corrected chi connectivity index (χ1v) is 4.85. The van der Waals surface area contributed by atoms with E-state index in [9.17, 15) is 10.2 Å². The summed E-state index contributed by atoms with van der Waals surface area (Å²) in [5.74, 6) is -0.115. The molecule has 0 aliphatic heterocycles. The average Bonchev–Trinajstić information content (AvgIpc) is 2.45. The number of thiophene rings is 1. The fraction of sp³-hybridized carbons (Fsp3) is 0.100. The van der Waals surface area contributed by atoms with Crippen molar-refractivity contribution in [2.45, 2.75) is 6.42 Å². The predicted octanol–water partition coefficient (Wildman–Crippen LogP) is 2.38. The van der Waals surface area contributed by atoms with Gasteiger partial charge >= 0.3 is 0 Å². The molecule has 0 radical (unpaired) electrons. The third-order valence-electron chi connectivity index (χ3n) is 2.03. The van der Waals surface area contributed by atoms with Crippen LogP contribution >= 0.6 is 11.3 Å². The molecule has 4 heteroatoms. The highest BCUT2D eigenvalue weighted by atomic mass is 32.1. The minimum atomic E-state index is -0.115. The Morgan fingerprint density at radius 3 is 2.86 bits per heavy atom. The molecule has 1 aromatic heterocycles. The van der Waals surface area contributed by atoms with Crippen molar-refractivity contribution >= 4 is 21.4 Å². The lowest BCUT2D eigenvalue weighted by molar-refractivity contribution is 0.419. The topological polar surface area (TPSA) is 64.2 Å². The quantitative estimate of drug-likeness (QED) is 0.751. The molecule has 0 amide bonds. The van der Waals surface area contributed by atoms with E-state index < -0.39 is 0 Å². The van der Waals surface area contributed by atoms with Gasteiger partial charge in [-0.2, -0.15) is 5.26 Å². The molecular formula is C10H7NO2S. The Kier molecular flexibility index (Phi) is 2.02. The molecule has 0 atom stereocenters. The number of nitrogens with zero attached hydrogens (tertiary/aromatic N) is 1. The molecule has 0 fully saturated rings. The summed E-state index contributed by atoms with van der Waals surface area (Å²) in [6.45, 7) is 0. The minimum Gasteiger partial charge on any atom is -0.503 e. The van der Waals surface area contributed by atoms with Crippen LogP contribution in [0, 0.1) is 11.3 Å². The number of rotatable bonds is 1. The van der Waals surface area contributed by atoms with Gasteiger partial charge in [-0.15, -0.1) is 0 Å². The molecule has 1 heterocycles. The van der Waals surface area contributed by atoms with Crippen LogP contribution in [0.15, 0.2) is 18.2 Å². The second kappa shape index (κ2) is 3.20. The zero-order valence-electron chi connectivity index (χ0n) is 7.19. The molecule has 2 N–H and O–H groups in total. The Morgan fingerprint density at radius 2 is 2.14 bits per heavy atom. The second-order valence-electron chi connectivity index (χ2n) is 2.88. The van der Waals surface area contributed by atoms with E-state index in [0.717, 1.165) is 21.6 Å². The van der Waals surface area contributed by atoms with Crippen LogP contribution in [0.3, 0.4) is 0 Å². The van der Waals surface area contributed by atoms with Crippen molar-refractivity contribution in [3.05, 3.63) is 23.8 Å². The second-order valence-corrected chi connectivity index (χ2v) is 3.91. The molecule has 0 spiro atoms. The van der Waals surface area contributed by atoms with Gasteiger partial charge in [-0.05, 0) is 11.6 Å². The largest absolute Gasteiger partial charge is 0.503 e. The van der Waals surface area contributed by atoms with Gasteiger partial charge in [-0.25, -0.2) is 0 Å². The maximum Gasteiger partial charge on any atom is 0.215 e. The minimum absolute atomic E-state index is 0.0922. The van der Waals surface area contributed by atoms with Crippen molar-refractivity contribution in [1.29, 1.82) is 5.26 Å². The maximum atomic E-state index is 9.56. The SMILES string of the molecule is N#CCc1cccc2sc(O)c(O)c12. The molecule has 0 aliphatic carbocycles. The van der Waals surface area contributed by atoms with Crippen molar-refractivity contribution in [2.75, 3.05) is 0 Å². The summed E-state index contributed by atoms with van der Waals surface area (Å²) >= 11 is 1.11. The molecule has 2 aromatic rings. The zero-order chi connectivity index (χ0) is 10.1. The molecule has 2 rings (SSSR count). The normalized spacial score (nSPS) is 10.2. The highest BCUT2D eigenvalue weighted by molar-refractivity contribution is 7.21. The van der Waals surface area contributed by atoms with Gasteiger partial charge in [0, 0.05) is 10.1 Å². The van der Waals surface area contributed by atoms with Gasteiger partial charge in [0.1, 0.15) is 0 Å². The van der Waals surface area contributed by atoms with Crippen molar-refractivity contribution in [1.82, 2.24) is 0 Å². The smallest absolute Gasteiger partial charge is 0.215 e. The number of nitriles is 1. The first kappa shape index (κ1) is 8.85. The van der Waals surface area contributed by atoms with Crippen LogP contribution in [0.2, 0.25) is 0 Å².